The Hall–Kier alpha value is -4.68. The number of hydrazine groups is 2. The Morgan fingerprint density at radius 2 is 1.82 bits per heavy atom. The fourth-order valence-corrected chi connectivity index (χ4v) is 5.07. The molecule has 0 bridgehead atoms. The quantitative estimate of drug-likeness (QED) is 0.196. The lowest BCUT2D eigenvalue weighted by atomic mass is 10.0. The minimum Gasteiger partial charge on any atom is -0.377 e. The summed E-state index contributed by atoms with van der Waals surface area (Å²) in [6.07, 6.45) is 6.37. The summed E-state index contributed by atoms with van der Waals surface area (Å²) in [7, 11) is 0. The highest BCUT2D eigenvalue weighted by atomic mass is 19.1. The van der Waals surface area contributed by atoms with Crippen LogP contribution in [0, 0.1) is 23.0 Å². The summed E-state index contributed by atoms with van der Waals surface area (Å²) in [4.78, 5) is 4.27. The summed E-state index contributed by atoms with van der Waals surface area (Å²) >= 11 is 0. The van der Waals surface area contributed by atoms with Crippen molar-refractivity contribution in [1.82, 2.24) is 21.0 Å². The smallest absolute Gasteiger partial charge is 0.151 e. The molecule has 2 aliphatic rings. The zero-order chi connectivity index (χ0) is 27.6. The van der Waals surface area contributed by atoms with Crippen LogP contribution in [0.3, 0.4) is 0 Å². The van der Waals surface area contributed by atoms with Gasteiger partial charge in [0.25, 0.3) is 0 Å². The largest absolute Gasteiger partial charge is 0.377 e. The van der Waals surface area contributed by atoms with Crippen molar-refractivity contribution in [2.45, 2.75) is 44.3 Å². The normalized spacial score (nSPS) is 16.1. The highest BCUT2D eigenvalue weighted by Gasteiger charge is 2.32. The molecule has 2 atom stereocenters. The van der Waals surface area contributed by atoms with Gasteiger partial charge in [-0.3, -0.25) is 9.99 Å². The molecule has 0 radical (unpaired) electrons. The molecule has 0 amide bonds. The second kappa shape index (κ2) is 10.8. The monoisotopic (exact) mass is 537 g/mol. The lowest BCUT2D eigenvalue weighted by molar-refractivity contribution is 0.260. The van der Waals surface area contributed by atoms with Gasteiger partial charge in [-0.05, 0) is 54.7 Å². The summed E-state index contributed by atoms with van der Waals surface area (Å²) in [6.45, 7) is 2.06. The molecule has 9 heteroatoms. The number of aromatic nitrogens is 1. The zero-order valence-electron chi connectivity index (χ0n) is 22.0. The van der Waals surface area contributed by atoms with Gasteiger partial charge in [0.1, 0.15) is 17.4 Å². The van der Waals surface area contributed by atoms with E-state index in [9.17, 15) is 9.65 Å². The van der Waals surface area contributed by atoms with Crippen molar-refractivity contribution in [3.63, 3.8) is 0 Å². The number of nitriles is 1. The number of pyridine rings is 1. The standard InChI is InChI=1S/C31H29F2N7/c1-2-27(19-6-4-3-5-7-19)37-29-21(16-34)17-35-31-25(29)14-23(15-26(31)33)36-30(20-8-10-22(32)11-9-20)28-18-40(39-38-28)24-12-13-24/h3-11,14-15,17-18,24,27,30,36,38-39H,2,12-13H2,1H3,(H,35,37)/t27-,30?/m1/s1. The first-order valence-electron chi connectivity index (χ1n) is 13.4. The highest BCUT2D eigenvalue weighted by Crippen LogP contribution is 2.36. The molecule has 1 aromatic heterocycles. The zero-order valence-corrected chi connectivity index (χ0v) is 22.0. The van der Waals surface area contributed by atoms with E-state index in [1.165, 1.54) is 24.4 Å². The fourth-order valence-electron chi connectivity index (χ4n) is 5.07. The minimum absolute atomic E-state index is 0.0853. The third-order valence-corrected chi connectivity index (χ3v) is 7.35. The van der Waals surface area contributed by atoms with Gasteiger partial charge in [0.15, 0.2) is 5.82 Å². The lowest BCUT2D eigenvalue weighted by Gasteiger charge is -2.23. The predicted molar refractivity (Wildman–Crippen MR) is 151 cm³/mol. The second-order valence-electron chi connectivity index (χ2n) is 10.1. The van der Waals surface area contributed by atoms with Crippen LogP contribution in [-0.4, -0.2) is 16.0 Å². The minimum atomic E-state index is -0.510. The number of nitrogens with one attached hydrogen (secondary N) is 4. The van der Waals surface area contributed by atoms with E-state index in [2.05, 4.69) is 39.6 Å². The molecule has 1 aliphatic heterocycles. The van der Waals surface area contributed by atoms with Gasteiger partial charge in [0.05, 0.1) is 29.0 Å². The molecule has 0 saturated heterocycles. The van der Waals surface area contributed by atoms with E-state index in [1.807, 2.05) is 47.6 Å². The number of nitrogens with zero attached hydrogens (tertiary/aromatic N) is 3. The average molecular weight is 538 g/mol. The number of halogens is 2. The topological polar surface area (TPSA) is 88.0 Å². The van der Waals surface area contributed by atoms with Crippen molar-refractivity contribution in [3.8, 4) is 6.07 Å². The Labute approximate surface area is 231 Å². The third-order valence-electron chi connectivity index (χ3n) is 7.35. The van der Waals surface area contributed by atoms with Crippen molar-refractivity contribution in [2.75, 3.05) is 10.6 Å². The van der Waals surface area contributed by atoms with Gasteiger partial charge in [-0.1, -0.05) is 49.4 Å². The Kier molecular flexibility index (Phi) is 6.93. The van der Waals surface area contributed by atoms with Crippen molar-refractivity contribution < 1.29 is 8.78 Å². The summed E-state index contributed by atoms with van der Waals surface area (Å²) in [5, 5.41) is 19.4. The van der Waals surface area contributed by atoms with E-state index < -0.39 is 11.9 Å². The number of rotatable bonds is 9. The van der Waals surface area contributed by atoms with Crippen LogP contribution in [0.4, 0.5) is 20.2 Å². The van der Waals surface area contributed by atoms with E-state index in [0.29, 0.717) is 28.4 Å². The molecule has 2 heterocycles. The van der Waals surface area contributed by atoms with Crippen molar-refractivity contribution in [3.05, 3.63) is 113 Å². The van der Waals surface area contributed by atoms with E-state index in [-0.39, 0.29) is 17.4 Å². The Morgan fingerprint density at radius 3 is 2.52 bits per heavy atom. The second-order valence-corrected chi connectivity index (χ2v) is 10.1. The molecule has 4 N–H and O–H groups in total. The van der Waals surface area contributed by atoms with Gasteiger partial charge < -0.3 is 16.1 Å². The maximum atomic E-state index is 15.6. The van der Waals surface area contributed by atoms with Gasteiger partial charge in [0, 0.05) is 29.5 Å². The number of hydrogen-bond donors (Lipinski definition) is 4. The lowest BCUT2D eigenvalue weighted by Crippen LogP contribution is -2.38. The first kappa shape index (κ1) is 25.6. The molecule has 1 aliphatic carbocycles. The molecule has 202 valence electrons. The molecule has 40 heavy (non-hydrogen) atoms. The van der Waals surface area contributed by atoms with Crippen LogP contribution in [0.25, 0.3) is 10.9 Å². The third kappa shape index (κ3) is 5.14. The van der Waals surface area contributed by atoms with E-state index in [0.717, 1.165) is 36.1 Å². The molecule has 7 nitrogen and oxygen atoms in total. The number of fused-ring (bicyclic) bond motifs is 1. The van der Waals surface area contributed by atoms with Crippen LogP contribution < -0.4 is 21.6 Å². The molecule has 6 rings (SSSR count). The molecule has 3 aromatic carbocycles. The van der Waals surface area contributed by atoms with Gasteiger partial charge in [-0.15, -0.1) is 5.53 Å². The Bertz CT molecular complexity index is 1590. The Balaban J connectivity index is 1.41. The molecule has 0 spiro atoms. The first-order valence-corrected chi connectivity index (χ1v) is 13.4. The van der Waals surface area contributed by atoms with Crippen molar-refractivity contribution >= 4 is 22.3 Å². The van der Waals surface area contributed by atoms with Gasteiger partial charge in [-0.2, -0.15) is 5.26 Å². The number of hydrogen-bond acceptors (Lipinski definition) is 7. The van der Waals surface area contributed by atoms with Crippen LogP contribution in [0.15, 0.2) is 84.8 Å². The van der Waals surface area contributed by atoms with Crippen LogP contribution in [0.5, 0.6) is 0 Å². The molecular formula is C31H29F2N7. The molecule has 1 unspecified atom stereocenters. The molecule has 1 fully saturated rings. The van der Waals surface area contributed by atoms with Crippen LogP contribution >= 0.6 is 0 Å². The fraction of sp³-hybridized carbons (Fsp3) is 0.226. The predicted octanol–water partition coefficient (Wildman–Crippen LogP) is 6.43. The summed E-state index contributed by atoms with van der Waals surface area (Å²) in [5.41, 5.74) is 10.6. The SMILES string of the molecule is CC[C@@H](Nc1c(C#N)cnc2c(F)cc(NC(C3=CN(C4CC4)NN3)c3ccc(F)cc3)cc12)c1ccccc1. The summed E-state index contributed by atoms with van der Waals surface area (Å²) in [6, 6.07) is 21.5. The van der Waals surface area contributed by atoms with E-state index >= 15 is 4.39 Å². The van der Waals surface area contributed by atoms with Gasteiger partial charge in [0.2, 0.25) is 0 Å². The van der Waals surface area contributed by atoms with E-state index in [4.69, 9.17) is 0 Å². The van der Waals surface area contributed by atoms with Gasteiger partial charge in [-0.25, -0.2) is 8.78 Å². The first-order chi connectivity index (χ1) is 19.5. The van der Waals surface area contributed by atoms with Crippen LogP contribution in [-0.2, 0) is 0 Å². The number of anilines is 2. The molecule has 4 aromatic rings. The van der Waals surface area contributed by atoms with E-state index in [1.54, 1.807) is 12.1 Å². The summed E-state index contributed by atoms with van der Waals surface area (Å²) < 4.78 is 29.3. The Morgan fingerprint density at radius 1 is 1.05 bits per heavy atom. The maximum Gasteiger partial charge on any atom is 0.151 e. The molecular weight excluding hydrogens is 508 g/mol. The van der Waals surface area contributed by atoms with Gasteiger partial charge >= 0.3 is 0 Å². The van der Waals surface area contributed by atoms with Crippen LogP contribution in [0.2, 0.25) is 0 Å². The highest BCUT2D eigenvalue weighted by molar-refractivity contribution is 5.96. The average Bonchev–Trinajstić information content (AvgIpc) is 3.72. The summed E-state index contributed by atoms with van der Waals surface area (Å²) in [5.74, 6) is -0.843. The number of benzene rings is 3. The maximum absolute atomic E-state index is 15.6. The van der Waals surface area contributed by atoms with Crippen LogP contribution in [0.1, 0.15) is 55.0 Å². The molecule has 1 saturated carbocycles. The van der Waals surface area contributed by atoms with Crippen molar-refractivity contribution in [1.29, 1.82) is 5.26 Å². The van der Waals surface area contributed by atoms with Crippen molar-refractivity contribution in [2.24, 2.45) is 0 Å².